The van der Waals surface area contributed by atoms with Gasteiger partial charge in [-0.2, -0.15) is 0 Å². The van der Waals surface area contributed by atoms with E-state index < -0.39 is 17.8 Å². The highest BCUT2D eigenvalue weighted by Gasteiger charge is 2.32. The van der Waals surface area contributed by atoms with E-state index in [9.17, 15) is 44.4 Å². The number of phenols is 1. The second-order valence-corrected chi connectivity index (χ2v) is 17.1. The van der Waals surface area contributed by atoms with Gasteiger partial charge in [-0.1, -0.05) is 74.2 Å². The molecule has 0 fully saturated rings. The van der Waals surface area contributed by atoms with Crippen molar-refractivity contribution in [2.45, 2.75) is 73.3 Å². The lowest BCUT2D eigenvalue weighted by Crippen LogP contribution is -2.43. The zero-order valence-electron chi connectivity index (χ0n) is 38.9. The topological polar surface area (TPSA) is 233 Å². The van der Waals surface area contributed by atoms with E-state index in [-0.39, 0.29) is 58.7 Å². The number of ether oxygens (including phenoxy) is 1. The maximum Gasteiger partial charge on any atom is 0.251 e. The molecule has 6 N–H and O–H groups in total. The fraction of sp³-hybridized carbons (Fsp3) is 0.302. The molecule has 0 saturated carbocycles. The van der Waals surface area contributed by atoms with Gasteiger partial charge in [-0.3, -0.25) is 24.0 Å². The summed E-state index contributed by atoms with van der Waals surface area (Å²) in [5.41, 5.74) is 7.21. The molecule has 5 aliphatic rings. The SMILES string of the molecule is CCCN(CCOCC(C)=O)c1cc([O-])c(C2=C(O)C(C)C2[O-])c(O)c1.Cc1cc2cc(c1)C(=O)NCc1ccc(cc1)CNC(=O)c1cc(C)cc(c1)C(=O)NCc1ccc(cc1)CNC2=O. The van der Waals surface area contributed by atoms with E-state index >= 15 is 0 Å². The first-order valence-corrected chi connectivity index (χ1v) is 22.5. The van der Waals surface area contributed by atoms with Crippen LogP contribution in [0.2, 0.25) is 0 Å². The molecule has 0 aromatic heterocycles. The highest BCUT2D eigenvalue weighted by atomic mass is 16.5. The molecule has 356 valence electrons. The van der Waals surface area contributed by atoms with Gasteiger partial charge >= 0.3 is 0 Å². The maximum absolute atomic E-state index is 12.9. The Bertz CT molecular complexity index is 2430. The Morgan fingerprint density at radius 2 is 1.06 bits per heavy atom. The number of anilines is 1. The lowest BCUT2D eigenvalue weighted by molar-refractivity contribution is -0.416. The largest absolute Gasteiger partial charge is 0.872 e. The molecule has 2 unspecified atom stereocenters. The van der Waals surface area contributed by atoms with Gasteiger partial charge in [0.2, 0.25) is 0 Å². The fourth-order valence-electron chi connectivity index (χ4n) is 7.81. The van der Waals surface area contributed by atoms with Gasteiger partial charge in [0.25, 0.3) is 23.6 Å². The predicted molar refractivity (Wildman–Crippen MR) is 254 cm³/mol. The average molecular weight is 924 g/mol. The highest BCUT2D eigenvalue weighted by Crippen LogP contribution is 2.46. The van der Waals surface area contributed by atoms with E-state index in [2.05, 4.69) is 21.3 Å². The number of nitrogens with one attached hydrogen (secondary N) is 4. The lowest BCUT2D eigenvalue weighted by Gasteiger charge is -2.43. The number of hydrogen-bond acceptors (Lipinski definition) is 11. The highest BCUT2D eigenvalue weighted by molar-refractivity contribution is 6.01. The number of aliphatic hydroxyl groups is 1. The van der Waals surface area contributed by atoms with Crippen LogP contribution in [-0.2, 0) is 35.7 Å². The molecule has 1 aliphatic carbocycles. The van der Waals surface area contributed by atoms with Crippen LogP contribution in [0.3, 0.4) is 0 Å². The van der Waals surface area contributed by atoms with Gasteiger partial charge in [0.1, 0.15) is 12.4 Å². The van der Waals surface area contributed by atoms with Crippen molar-refractivity contribution in [2.24, 2.45) is 5.92 Å². The first-order chi connectivity index (χ1) is 32.5. The molecular formula is C53H57N5O10-2. The molecule has 4 aliphatic heterocycles. The van der Waals surface area contributed by atoms with Gasteiger partial charge < -0.3 is 51.3 Å². The second kappa shape index (κ2) is 22.8. The van der Waals surface area contributed by atoms with Gasteiger partial charge in [0, 0.05) is 84.8 Å². The second-order valence-electron chi connectivity index (χ2n) is 17.1. The van der Waals surface area contributed by atoms with Crippen molar-refractivity contribution in [3.8, 4) is 11.5 Å². The van der Waals surface area contributed by atoms with Gasteiger partial charge in [-0.15, -0.1) is 0 Å². The number of Topliss-reactive ketones (excluding diaryl/α,β-unsaturated/α-hetero) is 1. The zero-order valence-corrected chi connectivity index (χ0v) is 38.9. The van der Waals surface area contributed by atoms with E-state index in [1.54, 1.807) is 43.3 Å². The van der Waals surface area contributed by atoms with Crippen molar-refractivity contribution >= 4 is 40.7 Å². The van der Waals surface area contributed by atoms with Crippen LogP contribution in [-0.4, -0.2) is 72.0 Å². The Balaban J connectivity index is 0.000000252. The summed E-state index contributed by atoms with van der Waals surface area (Å²) in [6.45, 7) is 11.4. The van der Waals surface area contributed by atoms with Crippen LogP contribution < -0.4 is 36.4 Å². The van der Waals surface area contributed by atoms with Crippen molar-refractivity contribution < 1.29 is 49.1 Å². The number of hydrogen-bond donors (Lipinski definition) is 6. The number of carbonyl (C=O) groups is 5. The number of benzene rings is 5. The molecule has 0 radical (unpaired) electrons. The number of nitrogens with zero attached hydrogens (tertiary/aromatic N) is 1. The van der Waals surface area contributed by atoms with Crippen molar-refractivity contribution in [3.63, 3.8) is 0 Å². The van der Waals surface area contributed by atoms with E-state index in [1.807, 2.05) is 74.2 Å². The van der Waals surface area contributed by atoms with Crippen LogP contribution in [0.15, 0.2) is 103 Å². The lowest BCUT2D eigenvalue weighted by atomic mass is 9.77. The minimum Gasteiger partial charge on any atom is -0.872 e. The van der Waals surface area contributed by atoms with E-state index in [1.165, 1.54) is 19.1 Å². The molecule has 5 aromatic carbocycles. The van der Waals surface area contributed by atoms with Crippen molar-refractivity contribution in [3.05, 3.63) is 164 Å². The molecule has 15 nitrogen and oxygen atoms in total. The summed E-state index contributed by atoms with van der Waals surface area (Å²) >= 11 is 0. The quantitative estimate of drug-likeness (QED) is 0.104. The van der Waals surface area contributed by atoms with Crippen LogP contribution in [0.4, 0.5) is 5.69 Å². The van der Waals surface area contributed by atoms with Gasteiger partial charge in [-0.05, 0) is 109 Å². The summed E-state index contributed by atoms with van der Waals surface area (Å²) < 4.78 is 5.27. The molecule has 10 rings (SSSR count). The van der Waals surface area contributed by atoms with Crippen LogP contribution in [0.25, 0.3) is 5.57 Å². The normalized spacial score (nSPS) is 16.4. The molecule has 2 atom stereocenters. The summed E-state index contributed by atoms with van der Waals surface area (Å²) in [6.07, 6.45) is -0.402. The fourth-order valence-corrected chi connectivity index (χ4v) is 7.81. The van der Waals surface area contributed by atoms with E-state index in [0.29, 0.717) is 73.8 Å². The molecule has 15 heteroatoms. The molecule has 5 aromatic rings. The monoisotopic (exact) mass is 923 g/mol. The minimum absolute atomic E-state index is 0.0154. The molecule has 68 heavy (non-hydrogen) atoms. The molecular weight excluding hydrogens is 867 g/mol. The van der Waals surface area contributed by atoms with Crippen LogP contribution >= 0.6 is 0 Å². The number of aliphatic hydroxyl groups excluding tert-OH is 1. The number of aryl methyl sites for hydroxylation is 2. The number of amides is 4. The third-order valence-corrected chi connectivity index (χ3v) is 11.5. The Morgan fingerprint density at radius 3 is 1.40 bits per heavy atom. The third kappa shape index (κ3) is 12.9. The number of phenolic OH excluding ortho intramolecular Hbond substituents is 1. The minimum atomic E-state index is -1.22. The maximum atomic E-state index is 12.9. The van der Waals surface area contributed by atoms with Gasteiger partial charge in [0.05, 0.1) is 12.4 Å². The Hall–Kier alpha value is -7.49. The van der Waals surface area contributed by atoms with Crippen LogP contribution in [0.1, 0.15) is 108 Å². The van der Waals surface area contributed by atoms with Gasteiger partial charge in [-0.25, -0.2) is 0 Å². The number of rotatable bonds is 9. The van der Waals surface area contributed by atoms with Crippen molar-refractivity contribution in [1.82, 2.24) is 21.3 Å². The van der Waals surface area contributed by atoms with Crippen LogP contribution in [0, 0.1) is 19.8 Å². The van der Waals surface area contributed by atoms with Gasteiger partial charge in [0.15, 0.2) is 5.78 Å². The smallest absolute Gasteiger partial charge is 0.251 e. The standard InChI is InChI=1S/C34H32N4O4.C19H26NO6/c1-21-11-27-15-28(12-21)32(40)36-18-24-5-9-26(10-6-24)20-38-34(42)30-14-22(2)13-29(16-30)33(41)37-19-25-7-3-23(4-8-25)17-35-31(27)39;1-4-5-20(6-7-26-10-11(2)21)13-8-14(22)16(15(23)9-13)17-18(24)12(3)19(17)25/h3-16H,17-20H2,1-2H3,(H,35,39)(H,36,40)(H,37,41)(H,38,42);8-9,12,18,22-23,25H,4-7,10H2,1-3H3/q;-1/p-1. The Labute approximate surface area is 395 Å². The first-order valence-electron chi connectivity index (χ1n) is 22.5. The summed E-state index contributed by atoms with van der Waals surface area (Å²) in [6, 6.07) is 28.1. The summed E-state index contributed by atoms with van der Waals surface area (Å²) in [7, 11) is 0. The first kappa shape index (κ1) is 49.9. The van der Waals surface area contributed by atoms with Crippen molar-refractivity contribution in [2.75, 3.05) is 31.2 Å². The number of carbonyl (C=O) groups excluding carboxylic acids is 5. The zero-order chi connectivity index (χ0) is 49.1. The molecule has 4 amide bonds. The van der Waals surface area contributed by atoms with Crippen LogP contribution in [0.5, 0.6) is 11.5 Å². The third-order valence-electron chi connectivity index (χ3n) is 11.5. The summed E-state index contributed by atoms with van der Waals surface area (Å²) in [5.74, 6) is -2.65. The Kier molecular flexibility index (Phi) is 16.7. The predicted octanol–water partition coefficient (Wildman–Crippen LogP) is 5.27. The van der Waals surface area contributed by atoms with E-state index in [0.717, 1.165) is 39.8 Å². The van der Waals surface area contributed by atoms with Crippen molar-refractivity contribution in [1.29, 1.82) is 0 Å². The number of ketones is 1. The Morgan fingerprint density at radius 1 is 0.662 bits per heavy atom. The molecule has 8 bridgehead atoms. The average Bonchev–Trinajstić information content (AvgIpc) is 3.32. The summed E-state index contributed by atoms with van der Waals surface area (Å²) in [4.78, 5) is 64.5. The summed E-state index contributed by atoms with van der Waals surface area (Å²) in [5, 5.41) is 56.3. The number of aromatic hydroxyl groups is 1. The molecule has 4 heterocycles. The molecule has 0 saturated heterocycles. The van der Waals surface area contributed by atoms with E-state index in [4.69, 9.17) is 4.74 Å². The molecule has 0 spiro atoms.